The van der Waals surface area contributed by atoms with Crippen LogP contribution >= 0.6 is 0 Å². The van der Waals surface area contributed by atoms with E-state index in [4.69, 9.17) is 9.47 Å². The maximum absolute atomic E-state index is 12.6. The fourth-order valence-electron chi connectivity index (χ4n) is 3.14. The fourth-order valence-corrected chi connectivity index (χ4v) is 4.06. The minimum atomic E-state index is -3.54. The van der Waals surface area contributed by atoms with E-state index in [1.165, 1.54) is 4.31 Å². The first-order chi connectivity index (χ1) is 13.7. The quantitative estimate of drug-likeness (QED) is 0.728. The van der Waals surface area contributed by atoms with Crippen LogP contribution in [0, 0.1) is 20.8 Å². The third-order valence-corrected chi connectivity index (χ3v) is 6.04. The number of hydrogen-bond acceptors (Lipinski definition) is 5. The molecule has 0 fully saturated rings. The van der Waals surface area contributed by atoms with Gasteiger partial charge in [-0.05, 0) is 55.7 Å². The van der Waals surface area contributed by atoms with Gasteiger partial charge in [0.05, 0.1) is 25.0 Å². The summed E-state index contributed by atoms with van der Waals surface area (Å²) in [6.07, 6.45) is 0.189. The Balaban J connectivity index is 1.63. The highest BCUT2D eigenvalue weighted by Gasteiger charge is 2.34. The highest BCUT2D eigenvalue weighted by molar-refractivity contribution is 7.92. The molecule has 0 aromatic heterocycles. The van der Waals surface area contributed by atoms with E-state index < -0.39 is 16.1 Å². The second-order valence-electron chi connectivity index (χ2n) is 7.21. The van der Waals surface area contributed by atoms with E-state index in [9.17, 15) is 13.2 Å². The molecule has 1 amide bonds. The van der Waals surface area contributed by atoms with Gasteiger partial charge in [-0.2, -0.15) is 0 Å². The van der Waals surface area contributed by atoms with Crippen molar-refractivity contribution in [2.75, 3.05) is 30.3 Å². The average molecular weight is 419 g/mol. The minimum Gasteiger partial charge on any atom is -0.491 e. The van der Waals surface area contributed by atoms with E-state index in [-0.39, 0.29) is 19.0 Å². The molecule has 29 heavy (non-hydrogen) atoms. The van der Waals surface area contributed by atoms with Gasteiger partial charge in [-0.3, -0.25) is 9.10 Å². The second kappa shape index (κ2) is 8.32. The van der Waals surface area contributed by atoms with Crippen molar-refractivity contribution >= 4 is 21.6 Å². The Bertz CT molecular complexity index is 1020. The van der Waals surface area contributed by atoms with Crippen molar-refractivity contribution in [3.05, 3.63) is 53.1 Å². The van der Waals surface area contributed by atoms with Gasteiger partial charge >= 0.3 is 0 Å². The summed E-state index contributed by atoms with van der Waals surface area (Å²) in [5.41, 5.74) is 3.56. The van der Waals surface area contributed by atoms with Gasteiger partial charge in [0, 0.05) is 0 Å². The largest absolute Gasteiger partial charge is 0.491 e. The summed E-state index contributed by atoms with van der Waals surface area (Å²) >= 11 is 0. The molecule has 2 aromatic carbocycles. The first-order valence-corrected chi connectivity index (χ1v) is 11.2. The first kappa shape index (κ1) is 21.0. The lowest BCUT2D eigenvalue weighted by molar-refractivity contribution is -0.127. The van der Waals surface area contributed by atoms with Crippen LogP contribution in [0.25, 0.3) is 0 Å². The first-order valence-electron chi connectivity index (χ1n) is 9.38. The summed E-state index contributed by atoms with van der Waals surface area (Å²) < 4.78 is 37.1. The summed E-state index contributed by atoms with van der Waals surface area (Å²) in [6, 6.07) is 11.1. The van der Waals surface area contributed by atoms with Crippen LogP contribution in [0.2, 0.25) is 0 Å². The highest BCUT2D eigenvalue weighted by atomic mass is 32.2. The van der Waals surface area contributed by atoms with E-state index in [1.807, 2.05) is 45.0 Å². The summed E-state index contributed by atoms with van der Waals surface area (Å²) in [6.45, 7) is 6.39. The number of amides is 1. The molecule has 1 aliphatic heterocycles. The standard InChI is InChI=1S/C21H26N2O5S/c1-14-8-9-17-19(12-14)28-20(13-23(17)29(4,25)26)21(24)22-10-11-27-18-7-5-6-15(2)16(18)3/h5-9,12,20H,10-11,13H2,1-4H3,(H,22,24)/t20-/m0/s1. The molecule has 2 aromatic rings. The van der Waals surface area contributed by atoms with Crippen LogP contribution in [-0.4, -0.2) is 46.4 Å². The van der Waals surface area contributed by atoms with Gasteiger partial charge in [0.15, 0.2) is 6.10 Å². The highest BCUT2D eigenvalue weighted by Crippen LogP contribution is 2.35. The number of carbonyl (C=O) groups excluding carboxylic acids is 1. The zero-order chi connectivity index (χ0) is 21.2. The van der Waals surface area contributed by atoms with Crippen LogP contribution in [0.5, 0.6) is 11.5 Å². The van der Waals surface area contributed by atoms with Crippen molar-refractivity contribution in [3.8, 4) is 11.5 Å². The number of aryl methyl sites for hydroxylation is 2. The zero-order valence-corrected chi connectivity index (χ0v) is 17.9. The summed E-state index contributed by atoms with van der Waals surface area (Å²) in [7, 11) is -3.54. The lowest BCUT2D eigenvalue weighted by Crippen LogP contribution is -2.51. The number of hydrogen-bond donors (Lipinski definition) is 1. The van der Waals surface area contributed by atoms with E-state index in [1.54, 1.807) is 12.1 Å². The van der Waals surface area contributed by atoms with E-state index in [0.29, 0.717) is 18.0 Å². The molecule has 156 valence electrons. The van der Waals surface area contributed by atoms with Crippen molar-refractivity contribution in [1.82, 2.24) is 5.32 Å². The smallest absolute Gasteiger partial charge is 0.263 e. The molecule has 0 radical (unpaired) electrons. The Morgan fingerprint density at radius 1 is 1.24 bits per heavy atom. The molecule has 3 rings (SSSR count). The number of ether oxygens (including phenoxy) is 2. The Hall–Kier alpha value is -2.74. The Kier molecular flexibility index (Phi) is 6.02. The third kappa shape index (κ3) is 4.82. The molecular formula is C21H26N2O5S. The lowest BCUT2D eigenvalue weighted by atomic mass is 10.1. The molecule has 0 bridgehead atoms. The number of anilines is 1. The predicted molar refractivity (Wildman–Crippen MR) is 112 cm³/mol. The second-order valence-corrected chi connectivity index (χ2v) is 9.12. The number of sulfonamides is 1. The molecule has 0 saturated carbocycles. The van der Waals surface area contributed by atoms with Crippen LogP contribution in [0.1, 0.15) is 16.7 Å². The van der Waals surface area contributed by atoms with Crippen molar-refractivity contribution in [2.24, 2.45) is 0 Å². The Morgan fingerprint density at radius 3 is 2.72 bits per heavy atom. The summed E-state index contributed by atoms with van der Waals surface area (Å²) in [4.78, 5) is 12.6. The van der Waals surface area contributed by atoms with Crippen LogP contribution < -0.4 is 19.1 Å². The van der Waals surface area contributed by atoms with Crippen molar-refractivity contribution < 1.29 is 22.7 Å². The average Bonchev–Trinajstić information content (AvgIpc) is 2.66. The minimum absolute atomic E-state index is 0.0709. The molecular weight excluding hydrogens is 392 g/mol. The van der Waals surface area contributed by atoms with Crippen LogP contribution in [0.3, 0.4) is 0 Å². The van der Waals surface area contributed by atoms with Gasteiger partial charge in [-0.1, -0.05) is 18.2 Å². The number of benzene rings is 2. The Morgan fingerprint density at radius 2 is 2.00 bits per heavy atom. The summed E-state index contributed by atoms with van der Waals surface area (Å²) in [5.74, 6) is 0.782. The van der Waals surface area contributed by atoms with Crippen molar-refractivity contribution in [2.45, 2.75) is 26.9 Å². The molecule has 7 nitrogen and oxygen atoms in total. The molecule has 1 heterocycles. The number of carbonyl (C=O) groups is 1. The van der Waals surface area contributed by atoms with E-state index in [2.05, 4.69) is 5.32 Å². The zero-order valence-electron chi connectivity index (χ0n) is 17.1. The van der Waals surface area contributed by atoms with E-state index in [0.717, 1.165) is 28.7 Å². The molecule has 0 saturated heterocycles. The molecule has 0 aliphatic carbocycles. The summed E-state index contributed by atoms with van der Waals surface area (Å²) in [5, 5.41) is 2.76. The topological polar surface area (TPSA) is 84.9 Å². The van der Waals surface area contributed by atoms with Crippen molar-refractivity contribution in [1.29, 1.82) is 0 Å². The van der Waals surface area contributed by atoms with Gasteiger partial charge in [0.2, 0.25) is 10.0 Å². The van der Waals surface area contributed by atoms with Gasteiger partial charge in [0.1, 0.15) is 18.1 Å². The Labute approximate surface area is 171 Å². The SMILES string of the molecule is Cc1ccc2c(c1)O[C@H](C(=O)NCCOc1cccc(C)c1C)CN2S(C)(=O)=O. The van der Waals surface area contributed by atoms with Gasteiger partial charge < -0.3 is 14.8 Å². The number of rotatable bonds is 6. The maximum atomic E-state index is 12.6. The lowest BCUT2D eigenvalue weighted by Gasteiger charge is -2.34. The fraction of sp³-hybridized carbons (Fsp3) is 0.381. The molecule has 8 heteroatoms. The maximum Gasteiger partial charge on any atom is 0.263 e. The molecule has 1 N–H and O–H groups in total. The monoisotopic (exact) mass is 418 g/mol. The number of nitrogens with zero attached hydrogens (tertiary/aromatic N) is 1. The molecule has 0 spiro atoms. The third-order valence-electron chi connectivity index (χ3n) is 4.89. The van der Waals surface area contributed by atoms with Gasteiger partial charge in [-0.25, -0.2) is 8.42 Å². The van der Waals surface area contributed by atoms with E-state index >= 15 is 0 Å². The van der Waals surface area contributed by atoms with Crippen LogP contribution in [0.15, 0.2) is 36.4 Å². The molecule has 0 unspecified atom stereocenters. The van der Waals surface area contributed by atoms with Crippen molar-refractivity contribution in [3.63, 3.8) is 0 Å². The van der Waals surface area contributed by atoms with Gasteiger partial charge in [0.25, 0.3) is 5.91 Å². The predicted octanol–water partition coefficient (Wildman–Crippen LogP) is 2.33. The molecule has 1 atom stereocenters. The molecule has 1 aliphatic rings. The van der Waals surface area contributed by atoms with Gasteiger partial charge in [-0.15, -0.1) is 0 Å². The number of fused-ring (bicyclic) bond motifs is 1. The normalized spacial score (nSPS) is 16.0. The van der Waals surface area contributed by atoms with Crippen LogP contribution in [0.4, 0.5) is 5.69 Å². The number of nitrogens with one attached hydrogen (secondary N) is 1. The van der Waals surface area contributed by atoms with Crippen LogP contribution in [-0.2, 0) is 14.8 Å².